The molecule has 8 heteroatoms. The number of rotatable bonds is 3. The van der Waals surface area contributed by atoms with Crippen LogP contribution in [0, 0.1) is 5.82 Å². The van der Waals surface area contributed by atoms with Crippen LogP contribution in [0.25, 0.3) is 0 Å². The van der Waals surface area contributed by atoms with Crippen LogP contribution in [0.1, 0.15) is 10.4 Å². The number of amides is 1. The molecule has 0 aliphatic carbocycles. The van der Waals surface area contributed by atoms with Crippen molar-refractivity contribution in [3.8, 4) is 0 Å². The van der Waals surface area contributed by atoms with Gasteiger partial charge in [0.05, 0.1) is 10.6 Å². The molecule has 1 aromatic carbocycles. The lowest BCUT2D eigenvalue weighted by atomic mass is 10.2. The fourth-order valence-corrected chi connectivity index (χ4v) is 3.84. The number of carbonyl (C=O) groups excluding carboxylic acids is 1. The van der Waals surface area contributed by atoms with Crippen molar-refractivity contribution in [2.75, 3.05) is 11.6 Å². The first kappa shape index (κ1) is 15.0. The molecule has 0 saturated carbocycles. The zero-order valence-electron chi connectivity index (χ0n) is 10.2. The standard InChI is InChI=1S/C12H9ClFNO3S2/c1-20(17,18)10-4-5-19-12(10)15-11(16)8-3-2-7(14)6-9(8)13/h2-6H,1H3,(H,15,16). The van der Waals surface area contributed by atoms with Gasteiger partial charge in [-0.25, -0.2) is 12.8 Å². The molecule has 1 aromatic heterocycles. The summed E-state index contributed by atoms with van der Waals surface area (Å²) in [7, 11) is -3.43. The Bertz CT molecular complexity index is 771. The van der Waals surface area contributed by atoms with Gasteiger partial charge >= 0.3 is 0 Å². The van der Waals surface area contributed by atoms with Crippen LogP contribution in [0.3, 0.4) is 0 Å². The summed E-state index contributed by atoms with van der Waals surface area (Å²) >= 11 is 6.86. The van der Waals surface area contributed by atoms with Crippen LogP contribution >= 0.6 is 22.9 Å². The Labute approximate surface area is 124 Å². The molecule has 0 saturated heterocycles. The molecule has 0 spiro atoms. The van der Waals surface area contributed by atoms with Crippen molar-refractivity contribution in [1.29, 1.82) is 0 Å². The summed E-state index contributed by atoms with van der Waals surface area (Å²) in [6.07, 6.45) is 1.05. The molecule has 0 bridgehead atoms. The van der Waals surface area contributed by atoms with Crippen molar-refractivity contribution < 1.29 is 17.6 Å². The van der Waals surface area contributed by atoms with Gasteiger partial charge in [-0.2, -0.15) is 0 Å². The van der Waals surface area contributed by atoms with E-state index in [0.29, 0.717) is 0 Å². The van der Waals surface area contributed by atoms with E-state index < -0.39 is 21.6 Å². The van der Waals surface area contributed by atoms with Crippen LogP contribution in [0.15, 0.2) is 34.5 Å². The van der Waals surface area contributed by atoms with Gasteiger partial charge in [-0.05, 0) is 29.6 Å². The molecule has 0 aliphatic rings. The van der Waals surface area contributed by atoms with Crippen molar-refractivity contribution >= 4 is 43.7 Å². The van der Waals surface area contributed by atoms with E-state index in [1.165, 1.54) is 12.1 Å². The van der Waals surface area contributed by atoms with E-state index in [1.54, 1.807) is 5.38 Å². The Morgan fingerprint density at radius 1 is 1.35 bits per heavy atom. The third-order valence-electron chi connectivity index (χ3n) is 2.43. The van der Waals surface area contributed by atoms with Gasteiger partial charge in [-0.1, -0.05) is 11.6 Å². The summed E-state index contributed by atoms with van der Waals surface area (Å²) in [5, 5.41) is 4.19. The van der Waals surface area contributed by atoms with Gasteiger partial charge in [0, 0.05) is 6.26 Å². The van der Waals surface area contributed by atoms with Gasteiger partial charge in [-0.3, -0.25) is 4.79 Å². The lowest BCUT2D eigenvalue weighted by molar-refractivity contribution is 0.102. The van der Waals surface area contributed by atoms with E-state index in [-0.39, 0.29) is 20.5 Å². The van der Waals surface area contributed by atoms with Gasteiger partial charge < -0.3 is 5.32 Å². The number of halogens is 2. The maximum Gasteiger partial charge on any atom is 0.257 e. The zero-order valence-corrected chi connectivity index (χ0v) is 12.6. The van der Waals surface area contributed by atoms with E-state index in [2.05, 4.69) is 5.32 Å². The largest absolute Gasteiger partial charge is 0.312 e. The second kappa shape index (κ2) is 5.51. The van der Waals surface area contributed by atoms with E-state index in [4.69, 9.17) is 11.6 Å². The number of sulfone groups is 1. The Morgan fingerprint density at radius 3 is 2.65 bits per heavy atom. The normalized spacial score (nSPS) is 11.3. The lowest BCUT2D eigenvalue weighted by Gasteiger charge is -2.06. The van der Waals surface area contributed by atoms with Gasteiger partial charge in [-0.15, -0.1) is 11.3 Å². The number of nitrogens with one attached hydrogen (secondary N) is 1. The van der Waals surface area contributed by atoms with Gasteiger partial charge in [0.1, 0.15) is 15.7 Å². The molecule has 1 N–H and O–H groups in total. The molecular weight excluding hydrogens is 325 g/mol. The summed E-state index contributed by atoms with van der Waals surface area (Å²) in [6, 6.07) is 4.76. The van der Waals surface area contributed by atoms with E-state index in [0.717, 1.165) is 29.7 Å². The number of benzene rings is 1. The molecule has 0 unspecified atom stereocenters. The maximum atomic E-state index is 12.9. The Kier molecular flexibility index (Phi) is 4.12. The van der Waals surface area contributed by atoms with Crippen molar-refractivity contribution in [2.45, 2.75) is 4.90 Å². The van der Waals surface area contributed by atoms with Crippen LogP contribution in [0.4, 0.5) is 9.39 Å². The van der Waals surface area contributed by atoms with E-state index in [9.17, 15) is 17.6 Å². The topological polar surface area (TPSA) is 63.2 Å². The average Bonchev–Trinajstić information content (AvgIpc) is 2.76. The fraction of sp³-hybridized carbons (Fsp3) is 0.0833. The molecule has 2 rings (SSSR count). The smallest absolute Gasteiger partial charge is 0.257 e. The molecular formula is C12H9ClFNO3S2. The zero-order chi connectivity index (χ0) is 14.9. The monoisotopic (exact) mass is 333 g/mol. The summed E-state index contributed by atoms with van der Waals surface area (Å²) in [6.45, 7) is 0. The first-order valence-electron chi connectivity index (χ1n) is 5.33. The van der Waals surface area contributed by atoms with Crippen molar-refractivity contribution in [3.63, 3.8) is 0 Å². The maximum absolute atomic E-state index is 12.9. The van der Waals surface area contributed by atoms with Crippen LogP contribution in [0.2, 0.25) is 5.02 Å². The second-order valence-corrected chi connectivity index (χ2v) is 7.27. The molecule has 2 aromatic rings. The minimum atomic E-state index is -3.43. The van der Waals surface area contributed by atoms with Gasteiger partial charge in [0.15, 0.2) is 9.84 Å². The highest BCUT2D eigenvalue weighted by Gasteiger charge is 2.18. The van der Waals surface area contributed by atoms with Crippen LogP contribution in [-0.4, -0.2) is 20.6 Å². The molecule has 0 aliphatic heterocycles. The Morgan fingerprint density at radius 2 is 2.05 bits per heavy atom. The number of hydrogen-bond donors (Lipinski definition) is 1. The van der Waals surface area contributed by atoms with Crippen molar-refractivity contribution in [2.24, 2.45) is 0 Å². The molecule has 0 atom stereocenters. The highest BCUT2D eigenvalue weighted by molar-refractivity contribution is 7.91. The molecule has 0 fully saturated rings. The number of hydrogen-bond acceptors (Lipinski definition) is 4. The van der Waals surface area contributed by atoms with Crippen LogP contribution in [-0.2, 0) is 9.84 Å². The summed E-state index contributed by atoms with van der Waals surface area (Å²) in [5.74, 6) is -1.15. The summed E-state index contributed by atoms with van der Waals surface area (Å²) in [4.78, 5) is 12.1. The van der Waals surface area contributed by atoms with E-state index >= 15 is 0 Å². The average molecular weight is 334 g/mol. The third-order valence-corrected chi connectivity index (χ3v) is 4.84. The molecule has 0 radical (unpaired) electrons. The van der Waals surface area contributed by atoms with Crippen molar-refractivity contribution in [1.82, 2.24) is 0 Å². The minimum Gasteiger partial charge on any atom is -0.312 e. The summed E-state index contributed by atoms with van der Waals surface area (Å²) in [5.41, 5.74) is 0.0703. The Hall–Kier alpha value is -1.44. The van der Waals surface area contributed by atoms with Crippen LogP contribution < -0.4 is 5.32 Å². The molecule has 1 heterocycles. The molecule has 106 valence electrons. The summed E-state index contributed by atoms with van der Waals surface area (Å²) < 4.78 is 36.0. The second-order valence-electron chi connectivity index (χ2n) is 3.96. The van der Waals surface area contributed by atoms with Gasteiger partial charge in [0.2, 0.25) is 0 Å². The minimum absolute atomic E-state index is 0.0362. The molecule has 20 heavy (non-hydrogen) atoms. The predicted octanol–water partition coefficient (Wildman–Crippen LogP) is 3.20. The first-order valence-corrected chi connectivity index (χ1v) is 8.48. The number of carbonyl (C=O) groups is 1. The first-order chi connectivity index (χ1) is 9.29. The quantitative estimate of drug-likeness (QED) is 0.938. The Balaban J connectivity index is 2.31. The van der Waals surface area contributed by atoms with E-state index in [1.807, 2.05) is 0 Å². The van der Waals surface area contributed by atoms with Gasteiger partial charge in [0.25, 0.3) is 5.91 Å². The predicted molar refractivity (Wildman–Crippen MR) is 76.8 cm³/mol. The molecule has 4 nitrogen and oxygen atoms in total. The number of anilines is 1. The molecule has 1 amide bonds. The third kappa shape index (κ3) is 3.17. The highest BCUT2D eigenvalue weighted by Crippen LogP contribution is 2.28. The lowest BCUT2D eigenvalue weighted by Crippen LogP contribution is -2.13. The SMILES string of the molecule is CS(=O)(=O)c1ccsc1NC(=O)c1ccc(F)cc1Cl. The fourth-order valence-electron chi connectivity index (χ4n) is 1.52. The van der Waals surface area contributed by atoms with Crippen molar-refractivity contribution in [3.05, 3.63) is 46.0 Å². The highest BCUT2D eigenvalue weighted by atomic mass is 35.5. The van der Waals surface area contributed by atoms with Crippen LogP contribution in [0.5, 0.6) is 0 Å². The number of thiophene rings is 1.